The summed E-state index contributed by atoms with van der Waals surface area (Å²) in [4.78, 5) is 9.07. The number of hydrogen-bond acceptors (Lipinski definition) is 5. The largest absolute Gasteiger partial charge is 0.497 e. The number of rotatable bonds is 4. The second-order valence-corrected chi connectivity index (χ2v) is 6.16. The molecule has 3 aromatic rings. The molecule has 0 atom stereocenters. The van der Waals surface area contributed by atoms with Crippen molar-refractivity contribution in [3.8, 4) is 5.75 Å². The van der Waals surface area contributed by atoms with Crippen LogP contribution in [0.3, 0.4) is 0 Å². The fourth-order valence-electron chi connectivity index (χ4n) is 2.74. The van der Waals surface area contributed by atoms with Crippen LogP contribution in [-0.2, 0) is 19.5 Å². The van der Waals surface area contributed by atoms with E-state index in [4.69, 9.17) is 4.74 Å². The predicted octanol–water partition coefficient (Wildman–Crippen LogP) is 3.06. The van der Waals surface area contributed by atoms with Gasteiger partial charge in [0.05, 0.1) is 35.8 Å². The maximum Gasteiger partial charge on any atom is 0.184 e. The molecule has 1 aromatic carbocycles. The zero-order valence-electron chi connectivity index (χ0n) is 11.8. The van der Waals surface area contributed by atoms with Crippen LogP contribution in [0.1, 0.15) is 17.9 Å². The molecule has 0 radical (unpaired) electrons. The van der Waals surface area contributed by atoms with Crippen molar-refractivity contribution in [2.24, 2.45) is 0 Å². The molecule has 0 aliphatic carbocycles. The molecule has 0 saturated heterocycles. The molecular formula is C15H16N4OS. The fraction of sp³-hybridized carbons (Fsp3) is 0.333. The minimum Gasteiger partial charge on any atom is -0.497 e. The number of fused-ring (bicyclic) bond motifs is 2. The van der Waals surface area contributed by atoms with Crippen molar-refractivity contribution in [3.05, 3.63) is 35.9 Å². The Labute approximate surface area is 126 Å². The van der Waals surface area contributed by atoms with E-state index in [1.165, 1.54) is 17.9 Å². The van der Waals surface area contributed by atoms with E-state index in [0.717, 1.165) is 40.6 Å². The highest BCUT2D eigenvalue weighted by molar-refractivity contribution is 7.22. The molecule has 0 amide bonds. The highest BCUT2D eigenvalue weighted by atomic mass is 32.1. The molecule has 0 bridgehead atoms. The van der Waals surface area contributed by atoms with Gasteiger partial charge >= 0.3 is 0 Å². The van der Waals surface area contributed by atoms with Crippen molar-refractivity contribution < 1.29 is 4.74 Å². The molecule has 5 nitrogen and oxygen atoms in total. The van der Waals surface area contributed by atoms with Gasteiger partial charge in [0.15, 0.2) is 5.13 Å². The minimum absolute atomic E-state index is 0.768. The van der Waals surface area contributed by atoms with E-state index < -0.39 is 0 Å². The fourth-order valence-corrected chi connectivity index (χ4v) is 3.63. The Hall–Kier alpha value is -2.08. The number of aryl methyl sites for hydroxylation is 1. The topological polar surface area (TPSA) is 52.0 Å². The zero-order valence-corrected chi connectivity index (χ0v) is 12.6. The molecular weight excluding hydrogens is 284 g/mol. The molecule has 4 rings (SSSR count). The minimum atomic E-state index is 0.768. The molecule has 21 heavy (non-hydrogen) atoms. The van der Waals surface area contributed by atoms with E-state index in [9.17, 15) is 0 Å². The maximum atomic E-state index is 5.25. The Balaban J connectivity index is 1.54. The Morgan fingerprint density at radius 3 is 3.29 bits per heavy atom. The van der Waals surface area contributed by atoms with Crippen molar-refractivity contribution >= 4 is 26.7 Å². The number of benzene rings is 1. The van der Waals surface area contributed by atoms with Crippen LogP contribution in [0.4, 0.5) is 5.13 Å². The highest BCUT2D eigenvalue weighted by Crippen LogP contribution is 2.29. The Bertz CT molecular complexity index is 792. The first kappa shape index (κ1) is 12.6. The van der Waals surface area contributed by atoms with Gasteiger partial charge in [-0.2, -0.15) is 0 Å². The van der Waals surface area contributed by atoms with Crippen LogP contribution in [0.15, 0.2) is 24.4 Å². The number of thiazole rings is 1. The summed E-state index contributed by atoms with van der Waals surface area (Å²) in [6.45, 7) is 1.85. The molecule has 2 aromatic heterocycles. The first-order valence-corrected chi connectivity index (χ1v) is 7.87. The monoisotopic (exact) mass is 300 g/mol. The summed E-state index contributed by atoms with van der Waals surface area (Å²) in [5.74, 6) is 2.08. The third-order valence-corrected chi connectivity index (χ3v) is 4.80. The molecule has 0 saturated carbocycles. The van der Waals surface area contributed by atoms with Crippen LogP contribution in [0.25, 0.3) is 10.2 Å². The summed E-state index contributed by atoms with van der Waals surface area (Å²) in [6.07, 6.45) is 4.27. The molecule has 0 spiro atoms. The first-order valence-electron chi connectivity index (χ1n) is 7.05. The zero-order chi connectivity index (χ0) is 14.2. The van der Waals surface area contributed by atoms with Gasteiger partial charge in [0.1, 0.15) is 11.6 Å². The maximum absolute atomic E-state index is 5.25. The third kappa shape index (κ3) is 2.25. The molecule has 3 heterocycles. The van der Waals surface area contributed by atoms with Crippen molar-refractivity contribution in [1.82, 2.24) is 14.5 Å². The molecule has 6 heteroatoms. The highest BCUT2D eigenvalue weighted by Gasteiger charge is 2.15. The summed E-state index contributed by atoms with van der Waals surface area (Å²) < 4.78 is 8.69. The first-order chi connectivity index (χ1) is 10.3. The van der Waals surface area contributed by atoms with Gasteiger partial charge < -0.3 is 14.6 Å². The standard InChI is InChI=1S/C15H16N4OS/c1-20-11-4-5-12-13(7-11)21-15(18-12)17-9-10-8-16-14-3-2-6-19(10)14/h4-5,7-8H,2-3,6,9H2,1H3,(H,17,18). The van der Waals surface area contributed by atoms with Crippen LogP contribution < -0.4 is 10.1 Å². The van der Waals surface area contributed by atoms with Gasteiger partial charge in [-0.05, 0) is 24.6 Å². The van der Waals surface area contributed by atoms with Crippen molar-refractivity contribution in [1.29, 1.82) is 0 Å². The number of ether oxygens (including phenoxy) is 1. The average Bonchev–Trinajstić information content (AvgIpc) is 3.19. The van der Waals surface area contributed by atoms with Crippen molar-refractivity contribution in [2.75, 3.05) is 12.4 Å². The molecule has 108 valence electrons. The Morgan fingerprint density at radius 2 is 2.38 bits per heavy atom. The lowest BCUT2D eigenvalue weighted by Crippen LogP contribution is -2.05. The number of nitrogens with zero attached hydrogens (tertiary/aromatic N) is 3. The van der Waals surface area contributed by atoms with Gasteiger partial charge in [0.25, 0.3) is 0 Å². The van der Waals surface area contributed by atoms with E-state index in [1.54, 1.807) is 18.4 Å². The van der Waals surface area contributed by atoms with Gasteiger partial charge in [-0.15, -0.1) is 0 Å². The molecule has 1 aliphatic heterocycles. The number of nitrogens with one attached hydrogen (secondary N) is 1. The number of imidazole rings is 1. The van der Waals surface area contributed by atoms with Crippen LogP contribution in [0, 0.1) is 0 Å². The van der Waals surface area contributed by atoms with Gasteiger partial charge in [0, 0.05) is 13.0 Å². The van der Waals surface area contributed by atoms with E-state index >= 15 is 0 Å². The summed E-state index contributed by atoms with van der Waals surface area (Å²) in [5.41, 5.74) is 2.24. The normalized spacial score (nSPS) is 13.6. The number of anilines is 1. The molecule has 1 N–H and O–H groups in total. The van der Waals surface area contributed by atoms with E-state index in [2.05, 4.69) is 19.9 Å². The number of aromatic nitrogens is 3. The van der Waals surface area contributed by atoms with Crippen molar-refractivity contribution in [2.45, 2.75) is 25.9 Å². The second-order valence-electron chi connectivity index (χ2n) is 5.13. The van der Waals surface area contributed by atoms with E-state index in [-0.39, 0.29) is 0 Å². The smallest absolute Gasteiger partial charge is 0.184 e. The lowest BCUT2D eigenvalue weighted by atomic mass is 10.3. The van der Waals surface area contributed by atoms with Gasteiger partial charge in [-0.25, -0.2) is 9.97 Å². The molecule has 1 aliphatic rings. The van der Waals surface area contributed by atoms with Crippen LogP contribution in [-0.4, -0.2) is 21.6 Å². The Kier molecular flexibility index (Phi) is 3.03. The molecule has 0 fully saturated rings. The summed E-state index contributed by atoms with van der Waals surface area (Å²) in [5, 5.41) is 4.35. The predicted molar refractivity (Wildman–Crippen MR) is 84.0 cm³/mol. The van der Waals surface area contributed by atoms with Crippen LogP contribution >= 0.6 is 11.3 Å². The van der Waals surface area contributed by atoms with E-state index in [1.807, 2.05) is 24.4 Å². The second kappa shape index (κ2) is 5.04. The summed E-state index contributed by atoms with van der Waals surface area (Å²) in [6, 6.07) is 5.96. The van der Waals surface area contributed by atoms with Crippen LogP contribution in [0.5, 0.6) is 5.75 Å². The molecule has 0 unspecified atom stereocenters. The van der Waals surface area contributed by atoms with Gasteiger partial charge in [-0.1, -0.05) is 11.3 Å². The average molecular weight is 300 g/mol. The lowest BCUT2D eigenvalue weighted by molar-refractivity contribution is 0.415. The van der Waals surface area contributed by atoms with Crippen LogP contribution in [0.2, 0.25) is 0 Å². The summed E-state index contributed by atoms with van der Waals surface area (Å²) in [7, 11) is 1.68. The quantitative estimate of drug-likeness (QED) is 0.804. The van der Waals surface area contributed by atoms with Crippen molar-refractivity contribution in [3.63, 3.8) is 0 Å². The van der Waals surface area contributed by atoms with Gasteiger partial charge in [0.2, 0.25) is 0 Å². The Morgan fingerprint density at radius 1 is 1.43 bits per heavy atom. The lowest BCUT2D eigenvalue weighted by Gasteiger charge is -2.05. The third-order valence-electron chi connectivity index (χ3n) is 3.82. The number of methoxy groups -OCH3 is 1. The number of hydrogen-bond donors (Lipinski definition) is 1. The van der Waals surface area contributed by atoms with Gasteiger partial charge in [-0.3, -0.25) is 0 Å². The summed E-state index contributed by atoms with van der Waals surface area (Å²) >= 11 is 1.65. The SMILES string of the molecule is COc1ccc2nc(NCc3cnc4n3CCC4)sc2c1. The van der Waals surface area contributed by atoms with E-state index in [0.29, 0.717) is 0 Å².